The lowest BCUT2D eigenvalue weighted by Gasteiger charge is -2.34. The van der Waals surface area contributed by atoms with E-state index in [0.29, 0.717) is 40.9 Å². The van der Waals surface area contributed by atoms with E-state index in [1.54, 1.807) is 41.3 Å². The van der Waals surface area contributed by atoms with E-state index in [-0.39, 0.29) is 24.6 Å². The van der Waals surface area contributed by atoms with Crippen molar-refractivity contribution in [1.29, 1.82) is 0 Å². The van der Waals surface area contributed by atoms with E-state index in [0.717, 1.165) is 0 Å². The molecule has 1 aliphatic rings. The Morgan fingerprint density at radius 2 is 1.72 bits per heavy atom. The first-order chi connectivity index (χ1) is 15.5. The molecule has 9 heteroatoms. The molecule has 0 atom stereocenters. The molecule has 2 heterocycles. The van der Waals surface area contributed by atoms with Gasteiger partial charge in [0.25, 0.3) is 17.6 Å². The van der Waals surface area contributed by atoms with Gasteiger partial charge in [-0.05, 0) is 24.3 Å². The number of hydrogen-bond donors (Lipinski definition) is 2. The maximum Gasteiger partial charge on any atom is 0.295 e. The molecule has 3 aromatic rings. The van der Waals surface area contributed by atoms with Crippen LogP contribution in [0.5, 0.6) is 5.75 Å². The van der Waals surface area contributed by atoms with Crippen molar-refractivity contribution in [2.45, 2.75) is 0 Å². The molecule has 1 fully saturated rings. The maximum atomic E-state index is 13.1. The van der Waals surface area contributed by atoms with Crippen molar-refractivity contribution in [2.75, 3.05) is 33.3 Å². The molecule has 0 bridgehead atoms. The van der Waals surface area contributed by atoms with Gasteiger partial charge in [0, 0.05) is 43.5 Å². The number of carbonyl (C=O) groups excluding carboxylic acids is 3. The average molecular weight is 434 g/mol. The highest BCUT2D eigenvalue weighted by Crippen LogP contribution is 2.31. The summed E-state index contributed by atoms with van der Waals surface area (Å²) in [6.45, 7) is 1.23. The molecule has 2 N–H and O–H groups in total. The molecule has 0 unspecified atom stereocenters. The smallest absolute Gasteiger partial charge is 0.295 e. The van der Waals surface area contributed by atoms with Crippen molar-refractivity contribution in [3.8, 4) is 5.75 Å². The highest BCUT2D eigenvalue weighted by molar-refractivity contribution is 6.45. The van der Waals surface area contributed by atoms with Crippen molar-refractivity contribution in [3.05, 3.63) is 65.4 Å². The van der Waals surface area contributed by atoms with Crippen LogP contribution in [0.3, 0.4) is 0 Å². The van der Waals surface area contributed by atoms with Crippen molar-refractivity contribution in [1.82, 2.24) is 14.8 Å². The van der Waals surface area contributed by atoms with Crippen molar-refractivity contribution in [3.63, 3.8) is 0 Å². The number of fused-ring (bicyclic) bond motifs is 1. The molecule has 9 nitrogen and oxygen atoms in total. The predicted molar refractivity (Wildman–Crippen MR) is 117 cm³/mol. The van der Waals surface area contributed by atoms with E-state index in [1.807, 2.05) is 6.07 Å². The fourth-order valence-electron chi connectivity index (χ4n) is 3.89. The molecule has 4 rings (SSSR count). The molecule has 1 saturated heterocycles. The Bertz CT molecular complexity index is 1190. The van der Waals surface area contributed by atoms with Crippen LogP contribution in [-0.2, 0) is 4.79 Å². The maximum absolute atomic E-state index is 13.1. The first kappa shape index (κ1) is 21.1. The number of ketones is 1. The van der Waals surface area contributed by atoms with Gasteiger partial charge in [-0.15, -0.1) is 0 Å². The van der Waals surface area contributed by atoms with E-state index >= 15 is 0 Å². The van der Waals surface area contributed by atoms with Gasteiger partial charge in [0.1, 0.15) is 5.75 Å². The summed E-state index contributed by atoms with van der Waals surface area (Å²) in [6, 6.07) is 12.3. The largest absolute Gasteiger partial charge is 0.496 e. The zero-order chi connectivity index (χ0) is 22.7. The Kier molecular flexibility index (Phi) is 5.89. The lowest BCUT2D eigenvalue weighted by molar-refractivity contribution is -0.127. The number of benzene rings is 2. The Balaban J connectivity index is 1.51. The second-order valence-corrected chi connectivity index (χ2v) is 7.33. The Morgan fingerprint density at radius 1 is 1.03 bits per heavy atom. The van der Waals surface area contributed by atoms with Crippen LogP contribution < -0.4 is 4.74 Å². The van der Waals surface area contributed by atoms with Crippen LogP contribution in [0.4, 0.5) is 0 Å². The Hall–Kier alpha value is -4.14. The third-order valence-electron chi connectivity index (χ3n) is 5.56. The number of oxime groups is 1. The topological polar surface area (TPSA) is 115 Å². The third-order valence-corrected chi connectivity index (χ3v) is 5.56. The van der Waals surface area contributed by atoms with Crippen molar-refractivity contribution >= 4 is 34.7 Å². The number of ether oxygens (including phenoxy) is 1. The summed E-state index contributed by atoms with van der Waals surface area (Å²) < 4.78 is 5.37. The molecule has 1 aliphatic heterocycles. The highest BCUT2D eigenvalue weighted by Gasteiger charge is 2.31. The van der Waals surface area contributed by atoms with Gasteiger partial charge in [-0.25, -0.2) is 0 Å². The third kappa shape index (κ3) is 3.80. The van der Waals surface area contributed by atoms with Gasteiger partial charge in [0.15, 0.2) is 0 Å². The number of rotatable bonds is 5. The van der Waals surface area contributed by atoms with Gasteiger partial charge in [-0.2, -0.15) is 0 Å². The number of amides is 2. The molecule has 0 spiro atoms. The standard InChI is InChI=1S/C23H22N4O5/c1-32-18-8-7-16(13-25-31)20-19(18)17(14-24-20)21(28)23(30)27-11-9-26(10-12-27)22(29)15-5-3-2-4-6-15/h2-8,13-14,24,31H,9-12H2,1H3/b25-13-. The van der Waals surface area contributed by atoms with Gasteiger partial charge < -0.3 is 24.7 Å². The van der Waals surface area contributed by atoms with Gasteiger partial charge in [-0.1, -0.05) is 23.4 Å². The molecule has 0 aliphatic carbocycles. The van der Waals surface area contributed by atoms with Crippen LogP contribution in [0.1, 0.15) is 26.3 Å². The van der Waals surface area contributed by atoms with Crippen LogP contribution in [0, 0.1) is 0 Å². The lowest BCUT2D eigenvalue weighted by Crippen LogP contribution is -2.52. The normalized spacial score (nSPS) is 14.2. The van der Waals surface area contributed by atoms with Gasteiger partial charge >= 0.3 is 0 Å². The summed E-state index contributed by atoms with van der Waals surface area (Å²) in [4.78, 5) is 44.7. The molecular weight excluding hydrogens is 412 g/mol. The number of Topliss-reactive ketones (excluding diaryl/α,β-unsaturated/α-hetero) is 1. The summed E-state index contributed by atoms with van der Waals surface area (Å²) >= 11 is 0. The number of nitrogens with zero attached hydrogens (tertiary/aromatic N) is 3. The number of aromatic amines is 1. The molecule has 1 aromatic heterocycles. The van der Waals surface area contributed by atoms with Crippen molar-refractivity contribution in [2.24, 2.45) is 5.16 Å². The molecule has 0 radical (unpaired) electrons. The number of carbonyl (C=O) groups is 3. The van der Waals surface area contributed by atoms with E-state index in [4.69, 9.17) is 9.94 Å². The molecular formula is C23H22N4O5. The van der Waals surface area contributed by atoms with Crippen LogP contribution in [-0.4, -0.2) is 77.1 Å². The minimum atomic E-state index is -0.671. The van der Waals surface area contributed by atoms with Gasteiger partial charge in [0.2, 0.25) is 0 Å². The summed E-state index contributed by atoms with van der Waals surface area (Å²) in [5, 5.41) is 12.4. The summed E-state index contributed by atoms with van der Waals surface area (Å²) in [5.41, 5.74) is 1.84. The van der Waals surface area contributed by atoms with Gasteiger partial charge in [0.05, 0.1) is 29.8 Å². The minimum Gasteiger partial charge on any atom is -0.496 e. The van der Waals surface area contributed by atoms with Crippen LogP contribution in [0.25, 0.3) is 10.9 Å². The first-order valence-corrected chi connectivity index (χ1v) is 10.1. The monoisotopic (exact) mass is 434 g/mol. The Morgan fingerprint density at radius 3 is 2.38 bits per heavy atom. The summed E-state index contributed by atoms with van der Waals surface area (Å²) in [6.07, 6.45) is 2.69. The van der Waals surface area contributed by atoms with E-state index in [2.05, 4.69) is 10.1 Å². The SMILES string of the molecule is COc1ccc(/C=N\O)c2[nH]cc(C(=O)C(=O)N3CCN(C(=O)c4ccccc4)CC3)c12. The fraction of sp³-hybridized carbons (Fsp3) is 0.217. The Labute approximate surface area is 183 Å². The van der Waals surface area contributed by atoms with Crippen molar-refractivity contribution < 1.29 is 24.3 Å². The van der Waals surface area contributed by atoms with E-state index in [9.17, 15) is 14.4 Å². The van der Waals surface area contributed by atoms with E-state index < -0.39 is 11.7 Å². The lowest BCUT2D eigenvalue weighted by atomic mass is 10.0. The number of aromatic nitrogens is 1. The first-order valence-electron chi connectivity index (χ1n) is 10.1. The van der Waals surface area contributed by atoms with E-state index in [1.165, 1.54) is 24.4 Å². The number of nitrogens with one attached hydrogen (secondary N) is 1. The fourth-order valence-corrected chi connectivity index (χ4v) is 3.89. The second kappa shape index (κ2) is 8.93. The number of hydrogen-bond acceptors (Lipinski definition) is 6. The second-order valence-electron chi connectivity index (χ2n) is 7.33. The summed E-state index contributed by atoms with van der Waals surface area (Å²) in [5.74, 6) is -0.981. The molecule has 164 valence electrons. The van der Waals surface area contributed by atoms with Crippen LogP contribution >= 0.6 is 0 Å². The van der Waals surface area contributed by atoms with Crippen LogP contribution in [0.15, 0.2) is 53.8 Å². The molecule has 2 aromatic carbocycles. The molecule has 0 saturated carbocycles. The summed E-state index contributed by atoms with van der Waals surface area (Å²) in [7, 11) is 1.47. The minimum absolute atomic E-state index is 0.0940. The zero-order valence-corrected chi connectivity index (χ0v) is 17.4. The average Bonchev–Trinajstić information content (AvgIpc) is 3.29. The molecule has 2 amide bonds. The number of piperazine rings is 1. The quantitative estimate of drug-likeness (QED) is 0.210. The number of H-pyrrole nitrogens is 1. The highest BCUT2D eigenvalue weighted by atomic mass is 16.5. The predicted octanol–water partition coefficient (Wildman–Crippen LogP) is 2.15. The number of methoxy groups -OCH3 is 1. The van der Waals surface area contributed by atoms with Gasteiger partial charge in [-0.3, -0.25) is 14.4 Å². The van der Waals surface area contributed by atoms with Crippen LogP contribution in [0.2, 0.25) is 0 Å². The molecule has 32 heavy (non-hydrogen) atoms. The zero-order valence-electron chi connectivity index (χ0n) is 17.4.